The standard InChI is InChI=1S/C18H17F3N4O/c1-10(26)23-14-7-13-11(8-22-14)18(5-6-18)9-25(13)15-4-3-12(19)16(24-15)17(2,20)21/h3-4,7-8H,5-6,9H2,1-2H3,(H,22,23,26). The first-order valence-corrected chi connectivity index (χ1v) is 8.30. The second-order valence-corrected chi connectivity index (χ2v) is 7.02. The minimum absolute atomic E-state index is 0.0674. The number of halogens is 3. The lowest BCUT2D eigenvalue weighted by Crippen LogP contribution is -2.22. The van der Waals surface area contributed by atoms with Crippen molar-refractivity contribution in [3.05, 3.63) is 41.5 Å². The second-order valence-electron chi connectivity index (χ2n) is 7.02. The van der Waals surface area contributed by atoms with Crippen LogP contribution in [0.1, 0.15) is 37.9 Å². The van der Waals surface area contributed by atoms with Gasteiger partial charge >= 0.3 is 0 Å². The third-order valence-electron chi connectivity index (χ3n) is 4.89. The Labute approximate surface area is 148 Å². The molecule has 3 heterocycles. The molecule has 1 saturated carbocycles. The van der Waals surface area contributed by atoms with Crippen LogP contribution in [0.2, 0.25) is 0 Å². The number of pyridine rings is 2. The highest BCUT2D eigenvalue weighted by molar-refractivity contribution is 5.89. The number of rotatable bonds is 3. The monoisotopic (exact) mass is 362 g/mol. The van der Waals surface area contributed by atoms with E-state index in [0.29, 0.717) is 19.3 Å². The molecule has 8 heteroatoms. The van der Waals surface area contributed by atoms with Crippen molar-refractivity contribution >= 4 is 23.2 Å². The van der Waals surface area contributed by atoms with Crippen LogP contribution in [0.4, 0.5) is 30.5 Å². The van der Waals surface area contributed by atoms with E-state index >= 15 is 0 Å². The molecule has 1 amide bonds. The summed E-state index contributed by atoms with van der Waals surface area (Å²) in [7, 11) is 0. The Morgan fingerprint density at radius 1 is 1.35 bits per heavy atom. The summed E-state index contributed by atoms with van der Waals surface area (Å²) in [5, 5.41) is 2.62. The Bertz CT molecular complexity index is 906. The van der Waals surface area contributed by atoms with Crippen LogP contribution in [0.5, 0.6) is 0 Å². The van der Waals surface area contributed by atoms with Gasteiger partial charge in [0.05, 0.1) is 5.69 Å². The molecule has 1 aliphatic carbocycles. The van der Waals surface area contributed by atoms with Crippen molar-refractivity contribution < 1.29 is 18.0 Å². The average molecular weight is 362 g/mol. The highest BCUT2D eigenvalue weighted by Crippen LogP contribution is 2.58. The van der Waals surface area contributed by atoms with Crippen LogP contribution in [0.3, 0.4) is 0 Å². The van der Waals surface area contributed by atoms with Crippen LogP contribution in [-0.2, 0) is 16.1 Å². The molecule has 26 heavy (non-hydrogen) atoms. The largest absolute Gasteiger partial charge is 0.325 e. The summed E-state index contributed by atoms with van der Waals surface area (Å²) in [5.74, 6) is -4.03. The van der Waals surface area contributed by atoms with Crippen molar-refractivity contribution in [1.29, 1.82) is 0 Å². The molecule has 136 valence electrons. The molecule has 0 radical (unpaired) electrons. The lowest BCUT2D eigenvalue weighted by Gasteiger charge is -2.21. The number of carbonyl (C=O) groups is 1. The van der Waals surface area contributed by atoms with Gasteiger partial charge in [0.2, 0.25) is 5.91 Å². The predicted octanol–water partition coefficient (Wildman–Crippen LogP) is 3.87. The van der Waals surface area contributed by atoms with Crippen LogP contribution in [0.25, 0.3) is 0 Å². The first kappa shape index (κ1) is 16.8. The maximum atomic E-state index is 13.8. The molecule has 0 saturated heterocycles. The lowest BCUT2D eigenvalue weighted by molar-refractivity contribution is -0.114. The highest BCUT2D eigenvalue weighted by Gasteiger charge is 2.52. The molecule has 1 aliphatic heterocycles. The Morgan fingerprint density at radius 2 is 2.08 bits per heavy atom. The van der Waals surface area contributed by atoms with Crippen LogP contribution in [-0.4, -0.2) is 22.4 Å². The van der Waals surface area contributed by atoms with Crippen molar-refractivity contribution in [1.82, 2.24) is 9.97 Å². The predicted molar refractivity (Wildman–Crippen MR) is 90.2 cm³/mol. The molecule has 2 aromatic heterocycles. The molecule has 0 bridgehead atoms. The molecular formula is C18H17F3N4O. The van der Waals surface area contributed by atoms with E-state index in [9.17, 15) is 18.0 Å². The number of nitrogens with one attached hydrogen (secondary N) is 1. The number of hydrogen-bond acceptors (Lipinski definition) is 4. The summed E-state index contributed by atoms with van der Waals surface area (Å²) in [5.41, 5.74) is 0.819. The quantitative estimate of drug-likeness (QED) is 0.901. The Morgan fingerprint density at radius 3 is 2.69 bits per heavy atom. The molecule has 4 rings (SSSR count). The fourth-order valence-electron chi connectivity index (χ4n) is 3.47. The third-order valence-corrected chi connectivity index (χ3v) is 4.89. The van der Waals surface area contributed by atoms with Crippen LogP contribution >= 0.6 is 0 Å². The minimum atomic E-state index is -3.38. The summed E-state index contributed by atoms with van der Waals surface area (Å²) in [6.45, 7) is 2.58. The van der Waals surface area contributed by atoms with Gasteiger partial charge < -0.3 is 10.2 Å². The van der Waals surface area contributed by atoms with Gasteiger partial charge in [0.1, 0.15) is 17.3 Å². The molecule has 0 atom stereocenters. The summed E-state index contributed by atoms with van der Waals surface area (Å²) in [6, 6.07) is 4.12. The fourth-order valence-corrected chi connectivity index (χ4v) is 3.47. The number of carbonyl (C=O) groups excluding carboxylic acids is 1. The number of anilines is 3. The summed E-state index contributed by atoms with van der Waals surface area (Å²) >= 11 is 0. The molecule has 1 spiro atoms. The fraction of sp³-hybridized carbons (Fsp3) is 0.389. The van der Waals surface area contributed by atoms with Gasteiger partial charge in [-0.15, -0.1) is 0 Å². The summed E-state index contributed by atoms with van der Waals surface area (Å²) in [6.07, 6.45) is 3.65. The van der Waals surface area contributed by atoms with Gasteiger partial charge in [-0.1, -0.05) is 0 Å². The molecule has 1 N–H and O–H groups in total. The number of aromatic nitrogens is 2. The number of alkyl halides is 2. The van der Waals surface area contributed by atoms with Gasteiger partial charge in [-0.2, -0.15) is 8.78 Å². The number of fused-ring (bicyclic) bond motifs is 2. The molecule has 5 nitrogen and oxygen atoms in total. The van der Waals surface area contributed by atoms with E-state index in [0.717, 1.165) is 30.2 Å². The van der Waals surface area contributed by atoms with E-state index in [1.807, 2.05) is 0 Å². The summed E-state index contributed by atoms with van der Waals surface area (Å²) < 4.78 is 41.1. The van der Waals surface area contributed by atoms with Gasteiger partial charge in [0.25, 0.3) is 5.92 Å². The lowest BCUT2D eigenvalue weighted by atomic mass is 10.0. The van der Waals surface area contributed by atoms with Crippen LogP contribution in [0.15, 0.2) is 24.4 Å². The first-order valence-electron chi connectivity index (χ1n) is 8.30. The molecule has 0 aromatic carbocycles. The van der Waals surface area contributed by atoms with E-state index in [1.165, 1.54) is 13.0 Å². The van der Waals surface area contributed by atoms with Crippen molar-refractivity contribution in [3.63, 3.8) is 0 Å². The molecular weight excluding hydrogens is 345 g/mol. The zero-order chi connectivity index (χ0) is 18.7. The third kappa shape index (κ3) is 2.69. The van der Waals surface area contributed by atoms with Gasteiger partial charge in [-0.3, -0.25) is 4.79 Å². The zero-order valence-corrected chi connectivity index (χ0v) is 14.3. The first-order chi connectivity index (χ1) is 12.2. The maximum absolute atomic E-state index is 13.8. The van der Waals surface area contributed by atoms with E-state index in [-0.39, 0.29) is 17.1 Å². The molecule has 1 fully saturated rings. The number of hydrogen-bond donors (Lipinski definition) is 1. The van der Waals surface area contributed by atoms with Gasteiger partial charge in [-0.05, 0) is 25.0 Å². The van der Waals surface area contributed by atoms with E-state index in [4.69, 9.17) is 0 Å². The Kier molecular flexibility index (Phi) is 3.51. The van der Waals surface area contributed by atoms with Gasteiger partial charge in [-0.25, -0.2) is 14.4 Å². The summed E-state index contributed by atoms with van der Waals surface area (Å²) in [4.78, 5) is 21.3. The normalized spacial score (nSPS) is 17.3. The van der Waals surface area contributed by atoms with Crippen molar-refractivity contribution in [2.75, 3.05) is 16.8 Å². The Balaban J connectivity index is 1.79. The minimum Gasteiger partial charge on any atom is -0.325 e. The van der Waals surface area contributed by atoms with Gasteiger partial charge in [0, 0.05) is 43.6 Å². The molecule has 0 unspecified atom stereocenters. The van der Waals surface area contributed by atoms with E-state index < -0.39 is 17.4 Å². The van der Waals surface area contributed by atoms with Crippen LogP contribution in [0, 0.1) is 5.82 Å². The van der Waals surface area contributed by atoms with E-state index in [1.54, 1.807) is 17.2 Å². The smallest absolute Gasteiger partial charge is 0.289 e. The van der Waals surface area contributed by atoms with E-state index in [2.05, 4.69) is 15.3 Å². The number of amides is 1. The van der Waals surface area contributed by atoms with Gasteiger partial charge in [0.15, 0.2) is 5.82 Å². The highest BCUT2D eigenvalue weighted by atomic mass is 19.3. The Hall–Kier alpha value is -2.64. The molecule has 2 aliphatic rings. The topological polar surface area (TPSA) is 58.1 Å². The zero-order valence-electron chi connectivity index (χ0n) is 14.3. The van der Waals surface area contributed by atoms with Crippen molar-refractivity contribution in [2.45, 2.75) is 38.0 Å². The van der Waals surface area contributed by atoms with Crippen LogP contribution < -0.4 is 10.2 Å². The molecule has 2 aromatic rings. The SMILES string of the molecule is CC(=O)Nc1cc2c(cn1)C1(CC1)CN2c1ccc(F)c(C(C)(F)F)n1. The second kappa shape index (κ2) is 5.43. The van der Waals surface area contributed by atoms with Crippen molar-refractivity contribution in [2.24, 2.45) is 0 Å². The average Bonchev–Trinajstić information content (AvgIpc) is 3.25. The van der Waals surface area contributed by atoms with Crippen molar-refractivity contribution in [3.8, 4) is 0 Å². The number of nitrogens with zero attached hydrogens (tertiary/aromatic N) is 3. The maximum Gasteiger partial charge on any atom is 0.289 e.